The van der Waals surface area contributed by atoms with E-state index in [0.29, 0.717) is 5.25 Å². The molecule has 2 unspecified atom stereocenters. The lowest BCUT2D eigenvalue weighted by atomic mass is 9.90. The highest BCUT2D eigenvalue weighted by atomic mass is 32.2. The molecule has 1 aromatic heterocycles. The Balaban J connectivity index is 1.85. The van der Waals surface area contributed by atoms with Crippen LogP contribution in [0.3, 0.4) is 0 Å². The fraction of sp³-hybridized carbons (Fsp3) is 0.818. The lowest BCUT2D eigenvalue weighted by Gasteiger charge is -2.44. The van der Waals surface area contributed by atoms with E-state index >= 15 is 0 Å². The van der Waals surface area contributed by atoms with E-state index in [1.165, 1.54) is 12.2 Å². The molecule has 2 N–H and O–H groups in total. The molecule has 2 atom stereocenters. The van der Waals surface area contributed by atoms with Crippen LogP contribution >= 0.6 is 11.8 Å². The summed E-state index contributed by atoms with van der Waals surface area (Å²) in [6, 6.07) is 0. The van der Waals surface area contributed by atoms with Crippen LogP contribution in [0, 0.1) is 0 Å². The van der Waals surface area contributed by atoms with Crippen molar-refractivity contribution in [1.82, 2.24) is 19.7 Å². The quantitative estimate of drug-likeness (QED) is 0.822. The van der Waals surface area contributed by atoms with Gasteiger partial charge in [-0.1, -0.05) is 6.92 Å². The molecule has 0 amide bonds. The zero-order chi connectivity index (χ0) is 11.9. The summed E-state index contributed by atoms with van der Waals surface area (Å²) < 4.78 is 2.15. The Morgan fingerprint density at radius 1 is 1.59 bits per heavy atom. The van der Waals surface area contributed by atoms with Gasteiger partial charge in [-0.05, 0) is 12.2 Å². The first-order valence-corrected chi connectivity index (χ1v) is 7.24. The maximum absolute atomic E-state index is 6.09. The van der Waals surface area contributed by atoms with Crippen molar-refractivity contribution >= 4 is 11.8 Å². The molecule has 0 bridgehead atoms. The minimum absolute atomic E-state index is 0.169. The van der Waals surface area contributed by atoms with Crippen LogP contribution in [-0.2, 0) is 13.1 Å². The van der Waals surface area contributed by atoms with Crippen molar-refractivity contribution in [3.05, 3.63) is 12.2 Å². The number of hydrogen-bond donors (Lipinski definition) is 1. The van der Waals surface area contributed by atoms with Crippen molar-refractivity contribution < 1.29 is 0 Å². The molecular weight excluding hydrogens is 234 g/mol. The fourth-order valence-electron chi connectivity index (χ4n) is 3.03. The highest BCUT2D eigenvalue weighted by Gasteiger charge is 2.45. The molecule has 5 nitrogen and oxygen atoms in total. The maximum atomic E-state index is 6.09. The molecule has 17 heavy (non-hydrogen) atoms. The Bertz CT molecular complexity index is 406. The average Bonchev–Trinajstić information content (AvgIpc) is 2.94. The highest BCUT2D eigenvalue weighted by Crippen LogP contribution is 2.40. The number of nitrogens with zero attached hydrogens (tertiary/aromatic N) is 4. The van der Waals surface area contributed by atoms with Crippen LogP contribution in [0.4, 0.5) is 0 Å². The molecule has 3 rings (SSSR count). The van der Waals surface area contributed by atoms with Gasteiger partial charge < -0.3 is 10.3 Å². The summed E-state index contributed by atoms with van der Waals surface area (Å²) >= 11 is 2.04. The number of aromatic nitrogens is 3. The predicted molar refractivity (Wildman–Crippen MR) is 68.8 cm³/mol. The van der Waals surface area contributed by atoms with Gasteiger partial charge in [-0.25, -0.2) is 0 Å². The average molecular weight is 253 g/mol. The fourth-order valence-corrected chi connectivity index (χ4v) is 4.53. The Morgan fingerprint density at radius 2 is 2.47 bits per heavy atom. The molecule has 1 fully saturated rings. The first kappa shape index (κ1) is 11.5. The van der Waals surface area contributed by atoms with Gasteiger partial charge >= 0.3 is 0 Å². The summed E-state index contributed by atoms with van der Waals surface area (Å²) in [6.45, 7) is 6.00. The number of hydrogen-bond acceptors (Lipinski definition) is 5. The van der Waals surface area contributed by atoms with Gasteiger partial charge in [-0.2, -0.15) is 11.8 Å². The Kier molecular flexibility index (Phi) is 2.88. The lowest BCUT2D eigenvalue weighted by molar-refractivity contribution is 0.0664. The van der Waals surface area contributed by atoms with E-state index < -0.39 is 0 Å². The predicted octanol–water partition coefficient (Wildman–Crippen LogP) is 0.317. The van der Waals surface area contributed by atoms with E-state index in [0.717, 1.165) is 32.0 Å². The molecule has 2 aliphatic rings. The van der Waals surface area contributed by atoms with Crippen molar-refractivity contribution in [1.29, 1.82) is 0 Å². The minimum Gasteiger partial charge on any atom is -0.329 e. The summed E-state index contributed by atoms with van der Waals surface area (Å²) in [7, 11) is 0. The molecular formula is C11H19N5S. The lowest BCUT2D eigenvalue weighted by Crippen LogP contribution is -2.59. The van der Waals surface area contributed by atoms with Crippen LogP contribution in [-0.4, -0.2) is 49.3 Å². The largest absolute Gasteiger partial charge is 0.329 e. The molecule has 0 saturated carbocycles. The Hall–Kier alpha value is -0.590. The summed E-state index contributed by atoms with van der Waals surface area (Å²) in [4.78, 5) is 2.53. The summed E-state index contributed by atoms with van der Waals surface area (Å²) in [5.41, 5.74) is 6.26. The zero-order valence-corrected chi connectivity index (χ0v) is 11.0. The van der Waals surface area contributed by atoms with Gasteiger partial charge in [0.15, 0.2) is 0 Å². The third-order valence-electron chi connectivity index (χ3n) is 4.28. The molecule has 0 aliphatic carbocycles. The first-order valence-electron chi connectivity index (χ1n) is 6.20. The Labute approximate surface area is 106 Å². The van der Waals surface area contributed by atoms with Crippen LogP contribution in [0.2, 0.25) is 0 Å². The van der Waals surface area contributed by atoms with Crippen LogP contribution in [0.15, 0.2) is 6.33 Å². The summed E-state index contributed by atoms with van der Waals surface area (Å²) in [6.07, 6.45) is 3.03. The molecule has 0 spiro atoms. The van der Waals surface area contributed by atoms with Gasteiger partial charge in [0, 0.05) is 30.4 Å². The first-order chi connectivity index (χ1) is 8.26. The normalized spacial score (nSPS) is 33.9. The van der Waals surface area contributed by atoms with Crippen LogP contribution in [0.25, 0.3) is 0 Å². The van der Waals surface area contributed by atoms with E-state index in [2.05, 4.69) is 26.6 Å². The number of thioether (sulfide) groups is 1. The van der Waals surface area contributed by atoms with Crippen LogP contribution in [0.5, 0.6) is 0 Å². The molecule has 6 heteroatoms. The van der Waals surface area contributed by atoms with Crippen molar-refractivity contribution in [2.24, 2.45) is 5.73 Å². The molecule has 0 radical (unpaired) electrons. The van der Waals surface area contributed by atoms with E-state index in [1.807, 2.05) is 18.1 Å². The van der Waals surface area contributed by atoms with Gasteiger partial charge in [0.1, 0.15) is 12.2 Å². The third kappa shape index (κ3) is 1.70. The second-order valence-electron chi connectivity index (χ2n) is 4.93. The number of fused-ring (bicyclic) bond motifs is 1. The second kappa shape index (κ2) is 4.26. The third-order valence-corrected chi connectivity index (χ3v) is 5.66. The van der Waals surface area contributed by atoms with Crippen molar-refractivity contribution in [3.63, 3.8) is 0 Å². The highest BCUT2D eigenvalue weighted by molar-refractivity contribution is 8.00. The summed E-state index contributed by atoms with van der Waals surface area (Å²) in [5.74, 6) is 2.30. The molecule has 94 valence electrons. The zero-order valence-electron chi connectivity index (χ0n) is 10.2. The van der Waals surface area contributed by atoms with Crippen molar-refractivity contribution in [3.8, 4) is 0 Å². The van der Waals surface area contributed by atoms with Crippen LogP contribution < -0.4 is 5.73 Å². The van der Waals surface area contributed by atoms with E-state index in [1.54, 1.807) is 0 Å². The Morgan fingerprint density at radius 3 is 3.18 bits per heavy atom. The standard InChI is InChI=1S/C11H19N5S/c1-9-11(7-12,2-5-17-9)16-4-3-15-8-13-14-10(15)6-16/h8-9H,2-7,12H2,1H3. The van der Waals surface area contributed by atoms with E-state index in [9.17, 15) is 0 Å². The smallest absolute Gasteiger partial charge is 0.147 e. The van der Waals surface area contributed by atoms with Gasteiger partial charge in [0.25, 0.3) is 0 Å². The monoisotopic (exact) mass is 253 g/mol. The number of rotatable bonds is 2. The van der Waals surface area contributed by atoms with Gasteiger partial charge in [-0.15, -0.1) is 10.2 Å². The van der Waals surface area contributed by atoms with E-state index in [4.69, 9.17) is 5.73 Å². The minimum atomic E-state index is 0.169. The summed E-state index contributed by atoms with van der Waals surface area (Å²) in [5, 5.41) is 8.79. The maximum Gasteiger partial charge on any atom is 0.147 e. The second-order valence-corrected chi connectivity index (χ2v) is 6.38. The van der Waals surface area contributed by atoms with E-state index in [-0.39, 0.29) is 5.54 Å². The SMILES string of the molecule is CC1SCCC1(CN)N1CCn2cnnc2C1. The van der Waals surface area contributed by atoms with Gasteiger partial charge in [0.2, 0.25) is 0 Å². The molecule has 2 aliphatic heterocycles. The van der Waals surface area contributed by atoms with Gasteiger partial charge in [-0.3, -0.25) is 4.90 Å². The molecule has 1 saturated heterocycles. The molecule has 0 aromatic carbocycles. The number of nitrogens with two attached hydrogens (primary N) is 1. The molecule has 1 aromatic rings. The topological polar surface area (TPSA) is 60.0 Å². The van der Waals surface area contributed by atoms with Gasteiger partial charge in [0.05, 0.1) is 6.54 Å². The van der Waals surface area contributed by atoms with Crippen molar-refractivity contribution in [2.75, 3.05) is 18.8 Å². The van der Waals surface area contributed by atoms with Crippen molar-refractivity contribution in [2.45, 2.75) is 37.2 Å². The molecule has 3 heterocycles. The van der Waals surface area contributed by atoms with Crippen LogP contribution in [0.1, 0.15) is 19.2 Å².